The number of hydrogen-bond donors (Lipinski definition) is 1. The van der Waals surface area contributed by atoms with Gasteiger partial charge in [0.15, 0.2) is 11.5 Å². The fourth-order valence-electron chi connectivity index (χ4n) is 7.64. The van der Waals surface area contributed by atoms with Gasteiger partial charge in [0.2, 0.25) is 11.8 Å². The van der Waals surface area contributed by atoms with Gasteiger partial charge in [-0.3, -0.25) is 0 Å². The fraction of sp³-hybridized carbons (Fsp3) is 0.0172. The predicted molar refractivity (Wildman–Crippen MR) is 260 cm³/mol. The highest BCUT2D eigenvalue weighted by Gasteiger charge is 2.22. The van der Waals surface area contributed by atoms with Crippen LogP contribution >= 0.6 is 0 Å². The fourth-order valence-corrected chi connectivity index (χ4v) is 7.64. The van der Waals surface area contributed by atoms with Crippen molar-refractivity contribution in [2.45, 2.75) is 0 Å². The number of carboxylic acid groups (broad SMARTS) is 1. The highest BCUT2D eigenvalue weighted by molar-refractivity contribution is 5.88. The molecule has 1 N–H and O–H groups in total. The smallest absolute Gasteiger partial charge is 0.328 e. The molecule has 0 aliphatic heterocycles. The molecule has 0 unspecified atom stereocenters. The van der Waals surface area contributed by atoms with Gasteiger partial charge in [-0.1, -0.05) is 188 Å². The lowest BCUT2D eigenvalue weighted by molar-refractivity contribution is -0.131. The van der Waals surface area contributed by atoms with Crippen LogP contribution in [0, 0.1) is 0 Å². The van der Waals surface area contributed by atoms with Crippen molar-refractivity contribution >= 4 is 12.0 Å². The molecule has 0 aliphatic rings. The quantitative estimate of drug-likeness (QED) is 0.129. The molecule has 65 heavy (non-hydrogen) atoms. The molecule has 0 saturated heterocycles. The molecule has 7 nitrogen and oxygen atoms in total. The van der Waals surface area contributed by atoms with Gasteiger partial charge in [-0.15, -0.1) is 0 Å². The summed E-state index contributed by atoms with van der Waals surface area (Å²) in [5, 5.41) is 8.96. The van der Waals surface area contributed by atoms with Crippen LogP contribution in [-0.4, -0.2) is 28.2 Å². The molecule has 0 aliphatic carbocycles. The largest absolute Gasteiger partial charge is 0.497 e. The number of oxazole rings is 2. The van der Waals surface area contributed by atoms with Crippen LogP contribution < -0.4 is 4.74 Å². The minimum absolute atomic E-state index is 0.528. The van der Waals surface area contributed by atoms with E-state index < -0.39 is 5.97 Å². The topological polar surface area (TPSA) is 98.6 Å². The van der Waals surface area contributed by atoms with Crippen LogP contribution in [0.4, 0.5) is 0 Å². The lowest BCUT2D eigenvalue weighted by Crippen LogP contribution is -1.88. The molecule has 0 spiro atoms. The highest BCUT2D eigenvalue weighted by atomic mass is 16.5. The molecule has 0 saturated carbocycles. The van der Waals surface area contributed by atoms with Crippen molar-refractivity contribution < 1.29 is 23.5 Å². The number of benzene rings is 8. The molecule has 10 aromatic rings. The number of carbonyl (C=O) groups is 1. The van der Waals surface area contributed by atoms with Gasteiger partial charge in [-0.05, 0) is 64.2 Å². The Hall–Kier alpha value is -8.81. The Kier molecular flexibility index (Phi) is 12.5. The molecule has 10 rings (SSSR count). The average Bonchev–Trinajstić information content (AvgIpc) is 4.04. The molecule has 0 radical (unpaired) electrons. The minimum atomic E-state index is -0.979. The van der Waals surface area contributed by atoms with Gasteiger partial charge in [-0.25, -0.2) is 14.8 Å². The molecular weight excluding hydrogens is 805 g/mol. The average molecular weight is 847 g/mol. The summed E-state index contributed by atoms with van der Waals surface area (Å²) in [5.41, 5.74) is 12.2. The van der Waals surface area contributed by atoms with Crippen LogP contribution in [0.25, 0.3) is 96.4 Å². The van der Waals surface area contributed by atoms with Crippen molar-refractivity contribution in [3.63, 3.8) is 0 Å². The zero-order valence-corrected chi connectivity index (χ0v) is 35.4. The Morgan fingerprint density at radius 2 is 0.831 bits per heavy atom. The Labute approximate surface area is 377 Å². The van der Waals surface area contributed by atoms with E-state index in [-0.39, 0.29) is 0 Å². The molecular formula is C58H42N2O5. The summed E-state index contributed by atoms with van der Waals surface area (Å²) >= 11 is 0. The lowest BCUT2D eigenvalue weighted by Gasteiger charge is -2.08. The second-order valence-corrected chi connectivity index (χ2v) is 15.0. The van der Waals surface area contributed by atoms with E-state index in [4.69, 9.17) is 28.6 Å². The van der Waals surface area contributed by atoms with Crippen LogP contribution in [0.15, 0.2) is 233 Å². The van der Waals surface area contributed by atoms with Crippen LogP contribution in [0.2, 0.25) is 0 Å². The van der Waals surface area contributed by atoms with Crippen molar-refractivity contribution in [1.29, 1.82) is 0 Å². The number of rotatable bonds is 11. The number of ether oxygens (including phenoxy) is 1. The zero-order valence-electron chi connectivity index (χ0n) is 35.4. The van der Waals surface area contributed by atoms with Crippen LogP contribution in [0.5, 0.6) is 5.75 Å². The number of aliphatic carboxylic acids is 1. The number of nitrogens with zero attached hydrogens (tertiary/aromatic N) is 2. The minimum Gasteiger partial charge on any atom is -0.497 e. The first-order valence-electron chi connectivity index (χ1n) is 21.1. The Morgan fingerprint density at radius 3 is 1.28 bits per heavy atom. The van der Waals surface area contributed by atoms with E-state index >= 15 is 0 Å². The molecule has 2 heterocycles. The third-order valence-corrected chi connectivity index (χ3v) is 10.7. The lowest BCUT2D eigenvalue weighted by atomic mass is 9.98. The normalized spacial score (nSPS) is 10.9. The summed E-state index contributed by atoms with van der Waals surface area (Å²) in [6, 6.07) is 72.1. The van der Waals surface area contributed by atoms with Crippen molar-refractivity contribution in [1.82, 2.24) is 9.97 Å². The summed E-state index contributed by atoms with van der Waals surface area (Å²) in [7, 11) is 1.68. The van der Waals surface area contributed by atoms with Gasteiger partial charge >= 0.3 is 5.97 Å². The number of aromatic nitrogens is 2. The summed E-state index contributed by atoms with van der Waals surface area (Å²) in [6.07, 6.45) is 2.72. The summed E-state index contributed by atoms with van der Waals surface area (Å²) in [6.45, 7) is 0. The van der Waals surface area contributed by atoms with Gasteiger partial charge < -0.3 is 18.7 Å². The molecule has 2 aromatic heterocycles. The van der Waals surface area contributed by atoms with E-state index in [1.807, 2.05) is 194 Å². The maximum absolute atomic E-state index is 10.9. The van der Waals surface area contributed by atoms with E-state index in [9.17, 15) is 4.79 Å². The van der Waals surface area contributed by atoms with Gasteiger partial charge in [0.05, 0.1) is 7.11 Å². The number of carboxylic acids is 1. The van der Waals surface area contributed by atoms with Crippen LogP contribution in [0.3, 0.4) is 0 Å². The second kappa shape index (κ2) is 19.5. The van der Waals surface area contributed by atoms with Gasteiger partial charge in [0.25, 0.3) is 0 Å². The van der Waals surface area contributed by atoms with Gasteiger partial charge in [-0.2, -0.15) is 0 Å². The molecule has 0 bridgehead atoms. The first-order chi connectivity index (χ1) is 32.0. The van der Waals surface area contributed by atoms with Gasteiger partial charge in [0, 0.05) is 39.5 Å². The van der Waals surface area contributed by atoms with Crippen molar-refractivity contribution in [3.8, 4) is 96.1 Å². The summed E-state index contributed by atoms with van der Waals surface area (Å²) < 4.78 is 18.2. The van der Waals surface area contributed by atoms with Crippen LogP contribution in [-0.2, 0) is 4.79 Å². The second-order valence-electron chi connectivity index (χ2n) is 15.0. The molecule has 0 atom stereocenters. The van der Waals surface area contributed by atoms with E-state index in [0.717, 1.165) is 95.9 Å². The van der Waals surface area contributed by atoms with Crippen molar-refractivity contribution in [2.75, 3.05) is 7.11 Å². The van der Waals surface area contributed by atoms with Crippen molar-refractivity contribution in [2.24, 2.45) is 0 Å². The Balaban J connectivity index is 0.000000165. The van der Waals surface area contributed by atoms with E-state index in [2.05, 4.69) is 24.3 Å². The monoisotopic (exact) mass is 846 g/mol. The first kappa shape index (κ1) is 41.5. The first-order valence-corrected chi connectivity index (χ1v) is 21.1. The van der Waals surface area contributed by atoms with Crippen molar-refractivity contribution in [3.05, 3.63) is 230 Å². The Bertz CT molecular complexity index is 3100. The third-order valence-electron chi connectivity index (χ3n) is 10.7. The summed E-state index contributed by atoms with van der Waals surface area (Å²) in [4.78, 5) is 20.8. The molecule has 0 fully saturated rings. The SMILES string of the molecule is COc1cccc(-c2ccccc2-c2nc(-c3ccccc3)c(-c3ccccc3)o2)c1.O=C(O)/C=C/c1cccc(-c2ccccc2-c2nc(-c3ccccc3)c(-c3ccccc3)o2)c1. The summed E-state index contributed by atoms with van der Waals surface area (Å²) in [5.74, 6) is 2.44. The third kappa shape index (κ3) is 9.50. The van der Waals surface area contributed by atoms with E-state index in [0.29, 0.717) is 11.8 Å². The predicted octanol–water partition coefficient (Wildman–Crippen LogP) is 14.8. The number of hydrogen-bond acceptors (Lipinski definition) is 6. The Morgan fingerprint density at radius 1 is 0.446 bits per heavy atom. The molecule has 8 aromatic carbocycles. The van der Waals surface area contributed by atoms with E-state index in [1.165, 1.54) is 0 Å². The molecule has 7 heteroatoms. The highest BCUT2D eigenvalue weighted by Crippen LogP contribution is 2.41. The molecule has 314 valence electrons. The standard InChI is InChI=1S/C30H21NO3.C28H21NO2/c32-27(33)19-18-21-10-9-15-24(20-21)25-16-7-8-17-26(25)30-31-28(22-11-3-1-4-12-22)29(34-30)23-13-5-2-6-14-23;1-30-23-16-10-15-22(19-23)24-17-8-9-18-25(24)28-29-26(20-11-4-2-5-12-20)27(31-28)21-13-6-3-7-14-21/h1-20H,(H,32,33);2-19H,1H3/b19-18+;. The molecule has 0 amide bonds. The maximum Gasteiger partial charge on any atom is 0.328 e. The number of methoxy groups -OCH3 is 1. The van der Waals surface area contributed by atoms with E-state index in [1.54, 1.807) is 13.2 Å². The zero-order chi connectivity index (χ0) is 44.4. The van der Waals surface area contributed by atoms with Crippen LogP contribution in [0.1, 0.15) is 5.56 Å². The maximum atomic E-state index is 10.9. The van der Waals surface area contributed by atoms with Gasteiger partial charge in [0.1, 0.15) is 17.1 Å².